The summed E-state index contributed by atoms with van der Waals surface area (Å²) in [6.07, 6.45) is 0. The van der Waals surface area contributed by atoms with Gasteiger partial charge < -0.3 is 15.2 Å². The highest BCUT2D eigenvalue weighted by molar-refractivity contribution is 6.31. The fourth-order valence-electron chi connectivity index (χ4n) is 3.97. The zero-order chi connectivity index (χ0) is 18.5. The molecule has 0 saturated heterocycles. The summed E-state index contributed by atoms with van der Waals surface area (Å²) in [5, 5.41) is 20.0. The molecular weight excluding hydrogens is 347 g/mol. The molecule has 2 N–H and O–H groups in total. The van der Waals surface area contributed by atoms with Crippen molar-refractivity contribution in [1.29, 1.82) is 10.5 Å². The van der Waals surface area contributed by atoms with E-state index in [2.05, 4.69) is 17.1 Å². The average Bonchev–Trinajstić information content (AvgIpc) is 3.13. The van der Waals surface area contributed by atoms with Crippen LogP contribution in [0.15, 0.2) is 23.2 Å². The van der Waals surface area contributed by atoms with Gasteiger partial charge in [-0.1, -0.05) is 17.7 Å². The number of amidine groups is 1. The van der Waals surface area contributed by atoms with Crippen LogP contribution in [0.1, 0.15) is 25.3 Å². The third-order valence-corrected chi connectivity index (χ3v) is 5.23. The molecule has 0 unspecified atom stereocenters. The first-order chi connectivity index (χ1) is 11.9. The first-order valence-corrected chi connectivity index (χ1v) is 8.20. The molecule has 2 aliphatic rings. The molecule has 0 aromatic heterocycles. The summed E-state index contributed by atoms with van der Waals surface area (Å²) < 4.78 is 25.9. The van der Waals surface area contributed by atoms with Gasteiger partial charge in [0.15, 0.2) is 5.41 Å². The molecule has 6 nitrogen and oxygen atoms in total. The Bertz CT molecular complexity index is 820. The topological polar surface area (TPSA) is 104 Å². The molecule has 0 spiro atoms. The van der Waals surface area contributed by atoms with Crippen molar-refractivity contribution < 1.29 is 13.9 Å². The maximum atomic E-state index is 14.5. The van der Waals surface area contributed by atoms with E-state index in [4.69, 9.17) is 26.8 Å². The zero-order valence-corrected chi connectivity index (χ0v) is 14.5. The summed E-state index contributed by atoms with van der Waals surface area (Å²) in [7, 11) is 0. The number of nitrogens with zero attached hydrogens (tertiary/aromatic N) is 3. The monoisotopic (exact) mass is 362 g/mol. The van der Waals surface area contributed by atoms with Crippen molar-refractivity contribution in [2.75, 3.05) is 13.2 Å². The lowest BCUT2D eigenvalue weighted by Crippen LogP contribution is -2.43. The maximum absolute atomic E-state index is 14.5. The van der Waals surface area contributed by atoms with Crippen LogP contribution < -0.4 is 5.73 Å². The largest absolute Gasteiger partial charge is 0.386 e. The normalized spacial score (nSPS) is 31.6. The summed E-state index contributed by atoms with van der Waals surface area (Å²) in [6.45, 7) is 3.74. The minimum absolute atomic E-state index is 0.0499. The first-order valence-electron chi connectivity index (χ1n) is 7.82. The van der Waals surface area contributed by atoms with Gasteiger partial charge in [-0.3, -0.25) is 0 Å². The quantitative estimate of drug-likeness (QED) is 0.811. The lowest BCUT2D eigenvalue weighted by molar-refractivity contribution is -0.255. The summed E-state index contributed by atoms with van der Waals surface area (Å²) in [5.74, 6) is -3.45. The van der Waals surface area contributed by atoms with E-state index in [1.807, 2.05) is 0 Å². The molecule has 1 aromatic rings. The van der Waals surface area contributed by atoms with E-state index in [1.165, 1.54) is 18.2 Å². The number of hydrogen-bond donors (Lipinski definition) is 1. The van der Waals surface area contributed by atoms with Gasteiger partial charge in [-0.05, 0) is 26.0 Å². The Morgan fingerprint density at radius 2 is 1.92 bits per heavy atom. The Morgan fingerprint density at radius 1 is 1.28 bits per heavy atom. The van der Waals surface area contributed by atoms with Gasteiger partial charge in [-0.2, -0.15) is 10.5 Å². The third-order valence-electron chi connectivity index (χ3n) is 4.90. The van der Waals surface area contributed by atoms with Crippen LogP contribution in [0.5, 0.6) is 0 Å². The molecule has 8 heteroatoms. The Balaban J connectivity index is 2.29. The third kappa shape index (κ3) is 1.81. The number of fused-ring (bicyclic) bond motifs is 1. The number of halogens is 2. The van der Waals surface area contributed by atoms with Gasteiger partial charge in [0.25, 0.3) is 5.91 Å². The first kappa shape index (κ1) is 17.6. The van der Waals surface area contributed by atoms with Crippen LogP contribution in [0.25, 0.3) is 0 Å². The van der Waals surface area contributed by atoms with Gasteiger partial charge in [0.05, 0.1) is 12.1 Å². The van der Waals surface area contributed by atoms with Crippen LogP contribution in [0.4, 0.5) is 4.39 Å². The van der Waals surface area contributed by atoms with Crippen LogP contribution in [-0.2, 0) is 9.47 Å². The van der Waals surface area contributed by atoms with Crippen molar-refractivity contribution in [2.45, 2.75) is 25.7 Å². The van der Waals surface area contributed by atoms with E-state index in [9.17, 15) is 14.9 Å². The highest BCUT2D eigenvalue weighted by Gasteiger charge is 2.94. The molecule has 1 aliphatic carbocycles. The summed E-state index contributed by atoms with van der Waals surface area (Å²) in [4.78, 5) is 4.19. The molecule has 3 atom stereocenters. The smallest absolute Gasteiger partial charge is 0.293 e. The number of rotatable bonds is 5. The number of hydrogen-bond acceptors (Lipinski definition) is 6. The van der Waals surface area contributed by atoms with Crippen molar-refractivity contribution in [3.63, 3.8) is 0 Å². The highest BCUT2D eigenvalue weighted by Crippen LogP contribution is 2.82. The van der Waals surface area contributed by atoms with Crippen molar-refractivity contribution >= 4 is 17.4 Å². The van der Waals surface area contributed by atoms with Gasteiger partial charge in [-0.25, -0.2) is 9.38 Å². The zero-order valence-electron chi connectivity index (χ0n) is 13.7. The Hall–Kier alpha value is -2.19. The minimum atomic E-state index is -1.78. The summed E-state index contributed by atoms with van der Waals surface area (Å²) in [6, 6.07) is 8.35. The van der Waals surface area contributed by atoms with Crippen LogP contribution in [-0.4, -0.2) is 25.0 Å². The van der Waals surface area contributed by atoms with E-state index in [-0.39, 0.29) is 29.6 Å². The maximum Gasteiger partial charge on any atom is 0.293 e. The van der Waals surface area contributed by atoms with Crippen LogP contribution in [0.2, 0.25) is 5.02 Å². The molecular formula is C17H16ClFN4O2. The number of nitriles is 2. The van der Waals surface area contributed by atoms with Crippen LogP contribution in [0, 0.1) is 39.3 Å². The second-order valence-electron chi connectivity index (χ2n) is 5.85. The second kappa shape index (κ2) is 5.67. The molecule has 130 valence electrons. The lowest BCUT2D eigenvalue weighted by atomic mass is 9.93. The summed E-state index contributed by atoms with van der Waals surface area (Å²) >= 11 is 6.19. The average molecular weight is 363 g/mol. The molecule has 1 heterocycles. The van der Waals surface area contributed by atoms with Crippen molar-refractivity contribution in [3.05, 3.63) is 34.6 Å². The van der Waals surface area contributed by atoms with Gasteiger partial charge in [0, 0.05) is 29.7 Å². The molecule has 0 amide bonds. The standard InChI is InChI=1S/C17H16ClFN4O2/c1-3-24-17(25-4-2)16(9-21)13(15(16,8-20)14(22)23-17)12-10(18)6-5-7-11(12)19/h5-7,13H,3-4H2,1-2H3,(H2,22,23)/t13-,15+,16+/m0/s1. The highest BCUT2D eigenvalue weighted by atomic mass is 35.5. The predicted octanol–water partition coefficient (Wildman–Crippen LogP) is 2.69. The Kier molecular flexibility index (Phi) is 4.00. The van der Waals surface area contributed by atoms with Gasteiger partial charge in [-0.15, -0.1) is 0 Å². The molecule has 0 radical (unpaired) electrons. The fourth-order valence-corrected chi connectivity index (χ4v) is 4.24. The van der Waals surface area contributed by atoms with E-state index in [0.29, 0.717) is 0 Å². The van der Waals surface area contributed by atoms with E-state index >= 15 is 0 Å². The molecule has 1 aliphatic heterocycles. The van der Waals surface area contributed by atoms with E-state index < -0.39 is 28.5 Å². The van der Waals surface area contributed by atoms with Gasteiger partial charge in [0.2, 0.25) is 0 Å². The van der Waals surface area contributed by atoms with Crippen molar-refractivity contribution in [2.24, 2.45) is 21.6 Å². The van der Waals surface area contributed by atoms with Crippen molar-refractivity contribution in [3.8, 4) is 12.1 Å². The number of nitrogens with two attached hydrogens (primary N) is 1. The number of ether oxygens (including phenoxy) is 2. The second-order valence-corrected chi connectivity index (χ2v) is 6.26. The van der Waals surface area contributed by atoms with E-state index in [1.54, 1.807) is 13.8 Å². The van der Waals surface area contributed by atoms with Gasteiger partial charge in [0.1, 0.15) is 17.1 Å². The number of aliphatic imine (C=N–C) groups is 1. The van der Waals surface area contributed by atoms with Gasteiger partial charge >= 0.3 is 0 Å². The fraction of sp³-hybridized carbons (Fsp3) is 0.471. The molecule has 25 heavy (non-hydrogen) atoms. The van der Waals surface area contributed by atoms with Crippen molar-refractivity contribution in [1.82, 2.24) is 0 Å². The Labute approximate surface area is 149 Å². The minimum Gasteiger partial charge on any atom is -0.386 e. The number of benzene rings is 1. The predicted molar refractivity (Wildman–Crippen MR) is 87.8 cm³/mol. The summed E-state index contributed by atoms with van der Waals surface area (Å²) in [5.41, 5.74) is 2.92. The van der Waals surface area contributed by atoms with Crippen LogP contribution in [0.3, 0.4) is 0 Å². The molecule has 1 aromatic carbocycles. The van der Waals surface area contributed by atoms with E-state index in [0.717, 1.165) is 0 Å². The van der Waals surface area contributed by atoms with Crippen LogP contribution >= 0.6 is 11.6 Å². The SMILES string of the molecule is CCOC1(OCC)N=C(N)[C@@]2(C#N)[C@H](c3c(F)cccc3Cl)[C@@]12C#N. The molecule has 1 fully saturated rings. The molecule has 0 bridgehead atoms. The molecule has 1 saturated carbocycles. The Morgan fingerprint density at radius 3 is 2.40 bits per heavy atom. The molecule has 3 rings (SSSR count). The lowest BCUT2D eigenvalue weighted by Gasteiger charge is -2.31.